The largest absolute Gasteiger partial charge is 0.508 e. The van der Waals surface area contributed by atoms with Crippen LogP contribution in [-0.4, -0.2) is 11.7 Å². The van der Waals surface area contributed by atoms with Crippen molar-refractivity contribution in [3.63, 3.8) is 0 Å². The third-order valence-electron chi connectivity index (χ3n) is 2.81. The lowest BCUT2D eigenvalue weighted by Crippen LogP contribution is -2.19. The average molecular weight is 243 g/mol. The van der Waals surface area contributed by atoms with Gasteiger partial charge in [-0.1, -0.05) is 30.3 Å². The van der Waals surface area contributed by atoms with Crippen LogP contribution >= 0.6 is 0 Å². The molecule has 1 unspecified atom stereocenters. The molecule has 3 nitrogen and oxygen atoms in total. The van der Waals surface area contributed by atoms with Gasteiger partial charge in [0.05, 0.1) is 6.04 Å². The molecular weight excluding hydrogens is 226 g/mol. The number of ether oxygens (including phenoxy) is 1. The van der Waals surface area contributed by atoms with Gasteiger partial charge in [-0.05, 0) is 36.2 Å². The summed E-state index contributed by atoms with van der Waals surface area (Å²) < 4.78 is 5.69. The maximum Gasteiger partial charge on any atom is 0.122 e. The Kier molecular flexibility index (Phi) is 3.85. The molecule has 2 rings (SSSR count). The quantitative estimate of drug-likeness (QED) is 0.868. The number of hydrogen-bond donors (Lipinski definition) is 2. The molecule has 0 fully saturated rings. The first-order valence-corrected chi connectivity index (χ1v) is 5.90. The topological polar surface area (TPSA) is 55.5 Å². The Balaban J connectivity index is 2.00. The second-order valence-corrected chi connectivity index (χ2v) is 4.28. The summed E-state index contributed by atoms with van der Waals surface area (Å²) in [6.07, 6.45) is 0. The van der Waals surface area contributed by atoms with E-state index in [0.29, 0.717) is 6.61 Å². The molecule has 0 aliphatic carbocycles. The predicted molar refractivity (Wildman–Crippen MR) is 71.7 cm³/mol. The van der Waals surface area contributed by atoms with E-state index < -0.39 is 0 Å². The van der Waals surface area contributed by atoms with Gasteiger partial charge in [-0.3, -0.25) is 0 Å². The van der Waals surface area contributed by atoms with Crippen LogP contribution in [0.5, 0.6) is 11.5 Å². The van der Waals surface area contributed by atoms with Crippen LogP contribution in [0.2, 0.25) is 0 Å². The standard InChI is InChI=1S/C15H17NO2/c1-11-5-2-3-8-15(11)18-10-14(16)12-6-4-7-13(17)9-12/h2-9,14,17H,10,16H2,1H3. The molecule has 0 aliphatic rings. The molecule has 0 aromatic heterocycles. The summed E-state index contributed by atoms with van der Waals surface area (Å²) in [5, 5.41) is 9.39. The third-order valence-corrected chi connectivity index (χ3v) is 2.81. The maximum atomic E-state index is 9.39. The Morgan fingerprint density at radius 2 is 1.94 bits per heavy atom. The van der Waals surface area contributed by atoms with E-state index in [1.54, 1.807) is 18.2 Å². The molecule has 1 atom stereocenters. The van der Waals surface area contributed by atoms with Gasteiger partial charge < -0.3 is 15.6 Å². The molecule has 3 N–H and O–H groups in total. The summed E-state index contributed by atoms with van der Waals surface area (Å²) in [4.78, 5) is 0. The third kappa shape index (κ3) is 3.02. The van der Waals surface area contributed by atoms with E-state index in [9.17, 15) is 5.11 Å². The zero-order valence-corrected chi connectivity index (χ0v) is 10.3. The number of aromatic hydroxyl groups is 1. The molecule has 3 heteroatoms. The molecule has 0 saturated carbocycles. The van der Waals surface area contributed by atoms with E-state index in [1.807, 2.05) is 37.3 Å². The number of aryl methyl sites for hydroxylation is 1. The van der Waals surface area contributed by atoms with E-state index >= 15 is 0 Å². The van der Waals surface area contributed by atoms with Crippen LogP contribution in [0.15, 0.2) is 48.5 Å². The molecule has 0 aliphatic heterocycles. The van der Waals surface area contributed by atoms with Crippen molar-refractivity contribution in [1.82, 2.24) is 0 Å². The van der Waals surface area contributed by atoms with E-state index in [2.05, 4.69) is 0 Å². The van der Waals surface area contributed by atoms with Crippen LogP contribution in [0.25, 0.3) is 0 Å². The molecule has 94 valence electrons. The van der Waals surface area contributed by atoms with Crippen molar-refractivity contribution in [3.05, 3.63) is 59.7 Å². The summed E-state index contributed by atoms with van der Waals surface area (Å²) in [5.41, 5.74) is 7.97. The molecule has 2 aromatic rings. The van der Waals surface area contributed by atoms with Gasteiger partial charge in [0.2, 0.25) is 0 Å². The predicted octanol–water partition coefficient (Wildman–Crippen LogP) is 2.78. The van der Waals surface area contributed by atoms with E-state index in [-0.39, 0.29) is 11.8 Å². The lowest BCUT2D eigenvalue weighted by atomic mass is 10.1. The minimum absolute atomic E-state index is 0.221. The highest BCUT2D eigenvalue weighted by Crippen LogP contribution is 2.20. The molecule has 0 heterocycles. The minimum atomic E-state index is -0.253. The van der Waals surface area contributed by atoms with Crippen molar-refractivity contribution in [1.29, 1.82) is 0 Å². The highest BCUT2D eigenvalue weighted by atomic mass is 16.5. The number of nitrogens with two attached hydrogens (primary N) is 1. The summed E-state index contributed by atoms with van der Waals surface area (Å²) in [6.45, 7) is 2.38. The normalized spacial score (nSPS) is 12.1. The van der Waals surface area contributed by atoms with Gasteiger partial charge >= 0.3 is 0 Å². The van der Waals surface area contributed by atoms with Crippen molar-refractivity contribution in [3.8, 4) is 11.5 Å². The van der Waals surface area contributed by atoms with E-state index in [0.717, 1.165) is 16.9 Å². The number of hydrogen-bond acceptors (Lipinski definition) is 3. The maximum absolute atomic E-state index is 9.39. The zero-order chi connectivity index (χ0) is 13.0. The molecule has 18 heavy (non-hydrogen) atoms. The van der Waals surface area contributed by atoms with Gasteiger partial charge in [-0.25, -0.2) is 0 Å². The number of phenols is 1. The van der Waals surface area contributed by atoms with Gasteiger partial charge in [-0.2, -0.15) is 0 Å². The number of rotatable bonds is 4. The Morgan fingerprint density at radius 3 is 2.67 bits per heavy atom. The van der Waals surface area contributed by atoms with Crippen molar-refractivity contribution < 1.29 is 9.84 Å². The number of para-hydroxylation sites is 1. The van der Waals surface area contributed by atoms with Crippen LogP contribution in [0, 0.1) is 6.92 Å². The average Bonchev–Trinajstić information content (AvgIpc) is 2.37. The van der Waals surface area contributed by atoms with Gasteiger partial charge in [0.1, 0.15) is 18.1 Å². The van der Waals surface area contributed by atoms with Crippen LogP contribution in [0.1, 0.15) is 17.2 Å². The summed E-state index contributed by atoms with van der Waals surface area (Å²) in [5.74, 6) is 1.06. The molecule has 0 amide bonds. The summed E-state index contributed by atoms with van der Waals surface area (Å²) in [7, 11) is 0. The van der Waals surface area contributed by atoms with Crippen molar-refractivity contribution in [2.24, 2.45) is 5.73 Å². The molecular formula is C15H17NO2. The van der Waals surface area contributed by atoms with Crippen molar-refractivity contribution in [2.75, 3.05) is 6.61 Å². The zero-order valence-electron chi connectivity index (χ0n) is 10.3. The van der Waals surface area contributed by atoms with Gasteiger partial charge in [0, 0.05) is 0 Å². The highest BCUT2D eigenvalue weighted by Gasteiger charge is 2.08. The number of phenolic OH excluding ortho intramolecular Hbond substituents is 1. The molecule has 0 spiro atoms. The SMILES string of the molecule is Cc1ccccc1OCC(N)c1cccc(O)c1. The summed E-state index contributed by atoms with van der Waals surface area (Å²) in [6, 6.07) is 14.5. The fourth-order valence-electron chi connectivity index (χ4n) is 1.75. The first-order valence-electron chi connectivity index (χ1n) is 5.90. The van der Waals surface area contributed by atoms with Gasteiger partial charge in [0.25, 0.3) is 0 Å². The Hall–Kier alpha value is -2.00. The van der Waals surface area contributed by atoms with Gasteiger partial charge in [-0.15, -0.1) is 0 Å². The Morgan fingerprint density at radius 1 is 1.17 bits per heavy atom. The van der Waals surface area contributed by atoms with Crippen LogP contribution in [0.3, 0.4) is 0 Å². The second-order valence-electron chi connectivity index (χ2n) is 4.28. The summed E-state index contributed by atoms with van der Waals surface area (Å²) >= 11 is 0. The molecule has 2 aromatic carbocycles. The van der Waals surface area contributed by atoms with Crippen LogP contribution in [-0.2, 0) is 0 Å². The molecule has 0 saturated heterocycles. The Labute approximate surface area is 107 Å². The molecule has 0 radical (unpaired) electrons. The van der Waals surface area contributed by atoms with Crippen molar-refractivity contribution in [2.45, 2.75) is 13.0 Å². The Bertz CT molecular complexity index is 525. The fourth-order valence-corrected chi connectivity index (χ4v) is 1.75. The highest BCUT2D eigenvalue weighted by molar-refractivity contribution is 5.32. The van der Waals surface area contributed by atoms with Crippen molar-refractivity contribution >= 4 is 0 Å². The van der Waals surface area contributed by atoms with E-state index in [1.165, 1.54) is 0 Å². The van der Waals surface area contributed by atoms with Gasteiger partial charge in [0.15, 0.2) is 0 Å². The minimum Gasteiger partial charge on any atom is -0.508 e. The molecule has 0 bridgehead atoms. The first-order chi connectivity index (χ1) is 8.66. The fraction of sp³-hybridized carbons (Fsp3) is 0.200. The lowest BCUT2D eigenvalue weighted by molar-refractivity contribution is 0.288. The monoisotopic (exact) mass is 243 g/mol. The smallest absolute Gasteiger partial charge is 0.122 e. The van der Waals surface area contributed by atoms with Crippen LogP contribution in [0.4, 0.5) is 0 Å². The first kappa shape index (κ1) is 12.5. The van der Waals surface area contributed by atoms with Crippen LogP contribution < -0.4 is 10.5 Å². The van der Waals surface area contributed by atoms with E-state index in [4.69, 9.17) is 10.5 Å². The number of benzene rings is 2. The lowest BCUT2D eigenvalue weighted by Gasteiger charge is -2.15. The second kappa shape index (κ2) is 5.56.